The summed E-state index contributed by atoms with van der Waals surface area (Å²) in [6.07, 6.45) is 23.4. The number of halogens is 1. The van der Waals surface area contributed by atoms with Gasteiger partial charge in [0.15, 0.2) is 23.3 Å². The molecule has 0 radical (unpaired) electrons. The Morgan fingerprint density at radius 1 is 0.471 bits per heavy atom. The molecule has 0 bridgehead atoms. The van der Waals surface area contributed by atoms with Gasteiger partial charge in [0.1, 0.15) is 48.1 Å². The number of pyridine rings is 4. The summed E-state index contributed by atoms with van der Waals surface area (Å²) >= 11 is 6.08. The van der Waals surface area contributed by atoms with E-state index in [1.165, 1.54) is 77.9 Å². The summed E-state index contributed by atoms with van der Waals surface area (Å²) in [4.78, 5) is 61.9. The lowest BCUT2D eigenvalue weighted by Gasteiger charge is -2.27. The van der Waals surface area contributed by atoms with E-state index in [9.17, 15) is 5.11 Å². The minimum atomic E-state index is -1.08. The van der Waals surface area contributed by atoms with Crippen LogP contribution in [0.4, 0.5) is 23.3 Å². The molecule has 26 nitrogen and oxygen atoms in total. The van der Waals surface area contributed by atoms with Gasteiger partial charge in [0.2, 0.25) is 0 Å². The molecule has 1 aliphatic carbocycles. The largest absolute Gasteiger partial charge is 0.489 e. The number of hydrogen-bond donors (Lipinski definition) is 5. The van der Waals surface area contributed by atoms with Crippen LogP contribution < -0.4 is 46.6 Å². The van der Waals surface area contributed by atoms with E-state index >= 15 is 0 Å². The fourth-order valence-corrected chi connectivity index (χ4v) is 15.9. The lowest BCUT2D eigenvalue weighted by molar-refractivity contribution is 0.143. The number of hydrogen-bond acceptors (Lipinski definition) is 26. The molecule has 0 amide bonds. The summed E-state index contributed by atoms with van der Waals surface area (Å²) in [7, 11) is 8.59. The molecule has 121 heavy (non-hydrogen) atoms. The summed E-state index contributed by atoms with van der Waals surface area (Å²) in [5.74, 6) is 8.66. The van der Waals surface area contributed by atoms with Crippen molar-refractivity contribution in [3.8, 4) is 86.1 Å². The van der Waals surface area contributed by atoms with E-state index in [0.29, 0.717) is 46.7 Å². The zero-order chi connectivity index (χ0) is 85.2. The molecule has 4 aliphatic heterocycles. The van der Waals surface area contributed by atoms with Crippen LogP contribution in [0.3, 0.4) is 0 Å². The molecule has 0 fully saturated rings. The molecule has 5 aliphatic rings. The minimum absolute atomic E-state index is 0.00351. The van der Waals surface area contributed by atoms with Crippen molar-refractivity contribution in [2.45, 2.75) is 158 Å². The van der Waals surface area contributed by atoms with Gasteiger partial charge >= 0.3 is 0 Å². The van der Waals surface area contributed by atoms with Gasteiger partial charge in [-0.3, -0.25) is 9.97 Å². The minimum Gasteiger partial charge on any atom is -0.489 e. The van der Waals surface area contributed by atoms with Crippen LogP contribution in [0.2, 0.25) is 5.15 Å². The molecular formula is C94H105ClN20O6. The van der Waals surface area contributed by atoms with E-state index < -0.39 is 5.60 Å². The summed E-state index contributed by atoms with van der Waals surface area (Å²) < 4.78 is 29.7. The molecule has 0 saturated carbocycles. The van der Waals surface area contributed by atoms with Crippen LogP contribution >= 0.6 is 11.6 Å². The number of aryl methyl sites for hydroxylation is 5. The van der Waals surface area contributed by atoms with Gasteiger partial charge in [-0.15, -0.1) is 0 Å². The number of aromatic nitrogens is 12. The molecule has 0 saturated heterocycles. The number of fused-ring (bicyclic) bond motifs is 5. The maximum absolute atomic E-state index is 9.79. The van der Waals surface area contributed by atoms with Gasteiger partial charge in [0, 0.05) is 117 Å². The van der Waals surface area contributed by atoms with Crippen LogP contribution in [0.1, 0.15) is 140 Å². The zero-order valence-electron chi connectivity index (χ0n) is 70.9. The van der Waals surface area contributed by atoms with Crippen LogP contribution in [0, 0.1) is 39.5 Å². The Kier molecular flexibility index (Phi) is 26.7. The molecule has 8 aromatic heterocycles. The normalized spacial score (nSPS) is 14.9. The number of nitrogen functional groups attached to an aromatic ring is 4. The SMILES string of the molecule is Cc1cc(-c2cnc(N)c(OC3CCc4cnccc43)n2)cc2c1CCN(C)C2.Cc1cc(-c2cnc(N)c(OCc3cc(Cl)ncc3OC(C)C)n2)cc2c1CCN(C)C2.Cc1cc(-c2cnc(N)c(OCc3cccnc3)n2)cc2c1CCN(C)C2.Cc1cc(-c2cnc(N)c(OCc3ccnc(C#CC(C)(C)O)c3)n2)cc2c1CCN(C)C2. The first kappa shape index (κ1) is 85.1. The first-order chi connectivity index (χ1) is 58.1. The molecule has 1 atom stereocenters. The Balaban J connectivity index is 0.000000132. The second-order valence-corrected chi connectivity index (χ2v) is 32.9. The fourth-order valence-electron chi connectivity index (χ4n) is 15.7. The third kappa shape index (κ3) is 21.6. The lowest BCUT2D eigenvalue weighted by atomic mass is 9.92. The summed E-state index contributed by atoms with van der Waals surface area (Å²) in [5.41, 5.74) is 52.1. The highest BCUT2D eigenvalue weighted by molar-refractivity contribution is 6.29. The van der Waals surface area contributed by atoms with Gasteiger partial charge in [-0.1, -0.05) is 23.6 Å². The van der Waals surface area contributed by atoms with Crippen molar-refractivity contribution < 1.29 is 28.8 Å². The highest BCUT2D eigenvalue weighted by atomic mass is 35.5. The smallest absolute Gasteiger partial charge is 0.258 e. The van der Waals surface area contributed by atoms with Crippen LogP contribution in [0.15, 0.2) is 147 Å². The van der Waals surface area contributed by atoms with E-state index in [2.05, 4.69) is 191 Å². The van der Waals surface area contributed by atoms with Crippen molar-refractivity contribution in [3.05, 3.63) is 252 Å². The van der Waals surface area contributed by atoms with Crippen LogP contribution in [-0.4, -0.2) is 151 Å². The third-order valence-electron chi connectivity index (χ3n) is 21.9. The maximum atomic E-state index is 9.79. The highest BCUT2D eigenvalue weighted by Gasteiger charge is 2.28. The number of ether oxygens (including phenoxy) is 5. The number of aliphatic hydroxyl groups is 1. The Bertz CT molecular complexity index is 5820. The Morgan fingerprint density at radius 2 is 0.901 bits per heavy atom. The Labute approximate surface area is 712 Å². The van der Waals surface area contributed by atoms with Gasteiger partial charge < -0.3 is 71.3 Å². The topological polar surface area (TPSA) is 338 Å². The van der Waals surface area contributed by atoms with E-state index in [0.717, 1.165) is 153 Å². The number of benzene rings is 4. The van der Waals surface area contributed by atoms with Crippen LogP contribution in [-0.2, 0) is 78.1 Å². The van der Waals surface area contributed by atoms with Crippen molar-refractivity contribution in [2.24, 2.45) is 0 Å². The standard InChI is InChI=1S/C26H29N5O2.C24H28ClN5O2.C23H25N5O.C21H23N5O/c1-17-11-19(13-20-15-31(4)10-7-22(17)20)23-14-29-24(27)25(30-23)33-16-18-6-9-28-21(12-18)5-8-26(2,3)32;1-14(2)32-21-11-27-22(25)9-18(21)13-31-24-23(26)28-10-20(29-24)16-7-15(3)19-5-6-30(4)12-17(19)8-16;1-14-9-16(10-17-13-28(2)8-6-18(14)17)20-12-26-22(24)23(27-20)29-21-4-3-15-11-25-7-5-19(15)21;1-14-8-16(9-17-12-26(2)7-5-18(14)17)19-11-24-20(22)21(25-19)27-13-15-4-3-6-23-10-15/h6,9,11-14,32H,7,10,15-16H2,1-4H3,(H2,27,29);7-11,14H,5-6,12-13H2,1-4H3,(H2,26,28);5,7,9-12,21H,3-4,6,8,13H2,1-2H3,(H2,24,26);3-4,6,8-11H,5,7,12-13H2,1-2H3,(H2,22,24). The molecule has 0 spiro atoms. The second-order valence-electron chi connectivity index (χ2n) is 32.5. The van der Waals surface area contributed by atoms with Gasteiger partial charge in [0.05, 0.1) is 59.9 Å². The quantitative estimate of drug-likeness (QED) is 0.0417. The van der Waals surface area contributed by atoms with E-state index in [-0.39, 0.29) is 48.8 Å². The predicted molar refractivity (Wildman–Crippen MR) is 472 cm³/mol. The number of nitrogens with zero attached hydrogens (tertiary/aromatic N) is 16. The fraction of sp³-hybridized carbons (Fsp3) is 0.340. The van der Waals surface area contributed by atoms with Gasteiger partial charge in [0.25, 0.3) is 23.5 Å². The van der Waals surface area contributed by atoms with E-state index in [1.807, 2.05) is 50.4 Å². The van der Waals surface area contributed by atoms with Gasteiger partial charge in [-0.05, 0) is 290 Å². The summed E-state index contributed by atoms with van der Waals surface area (Å²) in [6.45, 7) is 24.7. The number of likely N-dealkylation sites (N-methyl/N-ethyl adjacent to an activating group) is 4. The first-order valence-electron chi connectivity index (χ1n) is 40.8. The molecule has 12 heterocycles. The van der Waals surface area contributed by atoms with Crippen molar-refractivity contribution in [1.82, 2.24) is 79.4 Å². The summed E-state index contributed by atoms with van der Waals surface area (Å²) in [5, 5.41) is 10.2. The Hall–Kier alpha value is -12.4. The lowest BCUT2D eigenvalue weighted by Crippen LogP contribution is -2.27. The number of anilines is 4. The van der Waals surface area contributed by atoms with Crippen LogP contribution in [0.25, 0.3) is 45.0 Å². The van der Waals surface area contributed by atoms with Crippen molar-refractivity contribution in [2.75, 3.05) is 77.3 Å². The average molecular weight is 1650 g/mol. The van der Waals surface area contributed by atoms with Crippen molar-refractivity contribution in [3.63, 3.8) is 0 Å². The molecular weight excluding hydrogens is 1540 g/mol. The number of rotatable bonds is 17. The molecule has 12 aromatic rings. The van der Waals surface area contributed by atoms with Gasteiger partial charge in [-0.25, -0.2) is 49.8 Å². The highest BCUT2D eigenvalue weighted by Crippen LogP contribution is 2.39. The zero-order valence-corrected chi connectivity index (χ0v) is 71.6. The molecule has 9 N–H and O–H groups in total. The maximum Gasteiger partial charge on any atom is 0.258 e. The van der Waals surface area contributed by atoms with E-state index in [1.54, 1.807) is 75.7 Å². The molecule has 1 unspecified atom stereocenters. The third-order valence-corrected chi connectivity index (χ3v) is 22.1. The predicted octanol–water partition coefficient (Wildman–Crippen LogP) is 14.0. The number of nitrogens with two attached hydrogens (primary N) is 4. The molecule has 4 aromatic carbocycles. The molecule has 17 rings (SSSR count). The molecule has 624 valence electrons. The van der Waals surface area contributed by atoms with E-state index in [4.69, 9.17) is 63.2 Å². The van der Waals surface area contributed by atoms with Gasteiger partial charge in [-0.2, -0.15) is 0 Å². The molecule has 27 heteroatoms. The average Bonchev–Trinajstić information content (AvgIpc) is 1.71. The monoisotopic (exact) mass is 1640 g/mol. The van der Waals surface area contributed by atoms with Crippen molar-refractivity contribution in [1.29, 1.82) is 0 Å². The Morgan fingerprint density at radius 3 is 1.34 bits per heavy atom. The summed E-state index contributed by atoms with van der Waals surface area (Å²) in [6, 6.07) is 28.7. The second kappa shape index (κ2) is 37.9. The first-order valence-corrected chi connectivity index (χ1v) is 41.2. The van der Waals surface area contributed by atoms with Crippen LogP contribution in [0.5, 0.6) is 29.3 Å². The van der Waals surface area contributed by atoms with Crippen molar-refractivity contribution >= 4 is 34.9 Å².